The van der Waals surface area contributed by atoms with Crippen LogP contribution in [0.1, 0.15) is 29.7 Å². The molecule has 0 saturated carbocycles. The van der Waals surface area contributed by atoms with E-state index in [2.05, 4.69) is 49.5 Å². The van der Waals surface area contributed by atoms with Crippen molar-refractivity contribution >= 4 is 11.5 Å². The molecule has 1 aliphatic heterocycles. The molecule has 0 spiro atoms. The highest BCUT2D eigenvalue weighted by atomic mass is 16.5. The molecule has 1 fully saturated rings. The Morgan fingerprint density at radius 1 is 1.24 bits per heavy atom. The van der Waals surface area contributed by atoms with Gasteiger partial charge in [0.15, 0.2) is 5.65 Å². The van der Waals surface area contributed by atoms with Gasteiger partial charge in [-0.2, -0.15) is 9.61 Å². The van der Waals surface area contributed by atoms with Crippen molar-refractivity contribution in [2.75, 3.05) is 18.5 Å². The molecule has 2 aromatic heterocycles. The number of ether oxygens (including phenoxy) is 1. The zero-order valence-corrected chi connectivity index (χ0v) is 15.0. The van der Waals surface area contributed by atoms with E-state index in [9.17, 15) is 0 Å². The fourth-order valence-electron chi connectivity index (χ4n) is 3.46. The molecule has 4 rings (SSSR count). The summed E-state index contributed by atoms with van der Waals surface area (Å²) in [5.41, 5.74) is 6.35. The average Bonchev–Trinajstić information content (AvgIpc) is 3.21. The summed E-state index contributed by atoms with van der Waals surface area (Å²) in [6, 6.07) is 10.5. The van der Waals surface area contributed by atoms with E-state index in [0.29, 0.717) is 0 Å². The Bertz CT molecular complexity index is 909. The third kappa shape index (κ3) is 3.12. The molecule has 0 aliphatic carbocycles. The summed E-state index contributed by atoms with van der Waals surface area (Å²) >= 11 is 0. The minimum Gasteiger partial charge on any atom is -0.376 e. The predicted octanol–water partition coefficient (Wildman–Crippen LogP) is 3.91. The van der Waals surface area contributed by atoms with Crippen molar-refractivity contribution in [3.63, 3.8) is 0 Å². The maximum absolute atomic E-state index is 5.72. The number of anilines is 1. The first-order chi connectivity index (χ1) is 12.1. The van der Waals surface area contributed by atoms with E-state index in [4.69, 9.17) is 14.8 Å². The fourth-order valence-corrected chi connectivity index (χ4v) is 3.46. The van der Waals surface area contributed by atoms with Crippen LogP contribution in [0.25, 0.3) is 16.9 Å². The molecule has 0 unspecified atom stereocenters. The van der Waals surface area contributed by atoms with Crippen molar-refractivity contribution in [2.24, 2.45) is 0 Å². The van der Waals surface area contributed by atoms with Crippen molar-refractivity contribution in [1.29, 1.82) is 0 Å². The second-order valence-corrected chi connectivity index (χ2v) is 6.88. The average molecular weight is 336 g/mol. The van der Waals surface area contributed by atoms with Crippen molar-refractivity contribution in [3.8, 4) is 11.3 Å². The summed E-state index contributed by atoms with van der Waals surface area (Å²) in [7, 11) is 0. The third-order valence-electron chi connectivity index (χ3n) is 4.77. The molecular weight excluding hydrogens is 312 g/mol. The second-order valence-electron chi connectivity index (χ2n) is 6.88. The van der Waals surface area contributed by atoms with Crippen molar-refractivity contribution < 1.29 is 4.74 Å². The van der Waals surface area contributed by atoms with Gasteiger partial charge in [0, 0.05) is 36.0 Å². The molecule has 3 heterocycles. The van der Waals surface area contributed by atoms with E-state index in [1.54, 1.807) is 0 Å². The number of aryl methyl sites for hydroxylation is 3. The van der Waals surface area contributed by atoms with Gasteiger partial charge in [-0.15, -0.1) is 0 Å². The van der Waals surface area contributed by atoms with Crippen LogP contribution in [-0.2, 0) is 4.74 Å². The predicted molar refractivity (Wildman–Crippen MR) is 100 cm³/mol. The van der Waals surface area contributed by atoms with Gasteiger partial charge in [-0.05, 0) is 39.7 Å². The maximum Gasteiger partial charge on any atom is 0.161 e. The molecule has 5 nitrogen and oxygen atoms in total. The van der Waals surface area contributed by atoms with Crippen LogP contribution in [0.4, 0.5) is 5.82 Å². The van der Waals surface area contributed by atoms with Crippen LogP contribution in [0.2, 0.25) is 0 Å². The van der Waals surface area contributed by atoms with Crippen LogP contribution < -0.4 is 5.32 Å². The monoisotopic (exact) mass is 336 g/mol. The normalized spacial score (nSPS) is 17.3. The molecule has 1 saturated heterocycles. The van der Waals surface area contributed by atoms with Crippen LogP contribution >= 0.6 is 0 Å². The molecule has 0 radical (unpaired) electrons. The van der Waals surface area contributed by atoms with Gasteiger partial charge in [-0.1, -0.05) is 23.8 Å². The number of benzene rings is 1. The largest absolute Gasteiger partial charge is 0.376 e. The van der Waals surface area contributed by atoms with Gasteiger partial charge in [0.05, 0.1) is 11.8 Å². The zero-order chi connectivity index (χ0) is 17.4. The van der Waals surface area contributed by atoms with E-state index in [1.165, 1.54) is 5.56 Å². The van der Waals surface area contributed by atoms with E-state index in [0.717, 1.165) is 60.0 Å². The van der Waals surface area contributed by atoms with Gasteiger partial charge in [0.2, 0.25) is 0 Å². The maximum atomic E-state index is 5.72. The molecule has 130 valence electrons. The number of aromatic nitrogens is 3. The van der Waals surface area contributed by atoms with E-state index >= 15 is 0 Å². The van der Waals surface area contributed by atoms with Crippen LogP contribution in [0.15, 0.2) is 30.3 Å². The van der Waals surface area contributed by atoms with E-state index in [1.807, 2.05) is 11.4 Å². The van der Waals surface area contributed by atoms with Crippen molar-refractivity contribution in [2.45, 2.75) is 39.7 Å². The summed E-state index contributed by atoms with van der Waals surface area (Å²) in [5.74, 6) is 0.972. The smallest absolute Gasteiger partial charge is 0.161 e. The highest BCUT2D eigenvalue weighted by Gasteiger charge is 2.18. The quantitative estimate of drug-likeness (QED) is 0.785. The molecule has 25 heavy (non-hydrogen) atoms. The summed E-state index contributed by atoms with van der Waals surface area (Å²) in [5, 5.41) is 8.37. The Morgan fingerprint density at radius 3 is 2.88 bits per heavy atom. The van der Waals surface area contributed by atoms with E-state index in [-0.39, 0.29) is 6.10 Å². The van der Waals surface area contributed by atoms with Crippen LogP contribution in [-0.4, -0.2) is 33.9 Å². The number of nitrogens with one attached hydrogen (secondary N) is 1. The summed E-state index contributed by atoms with van der Waals surface area (Å²) < 4.78 is 7.65. The van der Waals surface area contributed by atoms with Gasteiger partial charge in [0.1, 0.15) is 5.82 Å². The second kappa shape index (κ2) is 6.48. The van der Waals surface area contributed by atoms with Gasteiger partial charge in [0.25, 0.3) is 0 Å². The van der Waals surface area contributed by atoms with Crippen LogP contribution in [0.5, 0.6) is 0 Å². The lowest BCUT2D eigenvalue weighted by molar-refractivity contribution is 0.120. The molecule has 1 N–H and O–H groups in total. The number of hydrogen-bond acceptors (Lipinski definition) is 4. The number of rotatable bonds is 4. The number of fused-ring (bicyclic) bond motifs is 1. The lowest BCUT2D eigenvalue weighted by atomic mass is 10.1. The van der Waals surface area contributed by atoms with Crippen LogP contribution in [0.3, 0.4) is 0 Å². The number of nitrogens with zero attached hydrogens (tertiary/aromatic N) is 3. The lowest BCUT2D eigenvalue weighted by Crippen LogP contribution is -2.20. The van der Waals surface area contributed by atoms with Gasteiger partial charge in [-0.3, -0.25) is 0 Å². The van der Waals surface area contributed by atoms with Gasteiger partial charge < -0.3 is 10.1 Å². The topological polar surface area (TPSA) is 51.5 Å². The molecule has 1 aromatic carbocycles. The lowest BCUT2D eigenvalue weighted by Gasteiger charge is -2.13. The molecule has 5 heteroatoms. The molecule has 1 atom stereocenters. The standard InChI is InChI=1S/C20H24N4O/c1-13-6-4-7-16(10-13)19-15(3)20-22-14(2)11-18(24(20)23-19)21-12-17-8-5-9-25-17/h4,6-7,10-11,17,21H,5,8-9,12H2,1-3H3/t17-/m1/s1. The first kappa shape index (κ1) is 16.1. The molecule has 1 aliphatic rings. The Hall–Kier alpha value is -2.40. The molecule has 3 aromatic rings. The highest BCUT2D eigenvalue weighted by Crippen LogP contribution is 2.27. The molecular formula is C20H24N4O. The van der Waals surface area contributed by atoms with Gasteiger partial charge in [-0.25, -0.2) is 4.98 Å². The minimum atomic E-state index is 0.288. The summed E-state index contributed by atoms with van der Waals surface area (Å²) in [6.07, 6.45) is 2.55. The Balaban J connectivity index is 1.74. The first-order valence-corrected chi connectivity index (χ1v) is 8.91. The minimum absolute atomic E-state index is 0.288. The Labute approximate surface area is 148 Å². The Morgan fingerprint density at radius 2 is 2.12 bits per heavy atom. The first-order valence-electron chi connectivity index (χ1n) is 8.91. The SMILES string of the molecule is Cc1cccc(-c2nn3c(NC[C@H]4CCCO4)cc(C)nc3c2C)c1. The highest BCUT2D eigenvalue weighted by molar-refractivity contribution is 5.72. The molecule has 0 bridgehead atoms. The summed E-state index contributed by atoms with van der Waals surface area (Å²) in [6.45, 7) is 7.89. The van der Waals surface area contributed by atoms with Gasteiger partial charge >= 0.3 is 0 Å². The van der Waals surface area contributed by atoms with Crippen molar-refractivity contribution in [1.82, 2.24) is 14.6 Å². The zero-order valence-electron chi connectivity index (χ0n) is 15.0. The Kier molecular flexibility index (Phi) is 4.17. The number of hydrogen-bond donors (Lipinski definition) is 1. The molecule has 0 amide bonds. The third-order valence-corrected chi connectivity index (χ3v) is 4.77. The van der Waals surface area contributed by atoms with Crippen molar-refractivity contribution in [3.05, 3.63) is 47.2 Å². The van der Waals surface area contributed by atoms with E-state index < -0.39 is 0 Å². The fraction of sp³-hybridized carbons (Fsp3) is 0.400. The van der Waals surface area contributed by atoms with Crippen LogP contribution in [0, 0.1) is 20.8 Å². The summed E-state index contributed by atoms with van der Waals surface area (Å²) in [4.78, 5) is 4.71.